The Hall–Kier alpha value is -2.88. The minimum absolute atomic E-state index is 0.400. The summed E-state index contributed by atoms with van der Waals surface area (Å²) in [5.41, 5.74) is 1.24. The van der Waals surface area contributed by atoms with Crippen molar-refractivity contribution in [1.82, 2.24) is 0 Å². The Bertz CT molecular complexity index is 708. The van der Waals surface area contributed by atoms with Crippen LogP contribution in [0.4, 0.5) is 4.39 Å². The third-order valence-electron chi connectivity index (χ3n) is 3.23. The first-order chi connectivity index (χ1) is 12.0. The van der Waals surface area contributed by atoms with E-state index >= 15 is 0 Å². The fraction of sp³-hybridized carbons (Fsp3) is 0.190. The zero-order valence-corrected chi connectivity index (χ0v) is 14.6. The van der Waals surface area contributed by atoms with E-state index in [9.17, 15) is 14.3 Å². The number of halogens is 1. The predicted molar refractivity (Wildman–Crippen MR) is 98.2 cm³/mol. The Morgan fingerprint density at radius 1 is 1.04 bits per heavy atom. The molecule has 2 aromatic carbocycles. The molecule has 0 saturated heterocycles. The number of carbonyl (C=O) groups is 1. The van der Waals surface area contributed by atoms with Crippen molar-refractivity contribution < 1.29 is 19.0 Å². The van der Waals surface area contributed by atoms with E-state index < -0.39 is 17.9 Å². The molecule has 1 unspecified atom stereocenters. The molecule has 0 spiro atoms. The molecule has 0 radical (unpaired) electrons. The Balaban J connectivity index is 0.000000450. The van der Waals surface area contributed by atoms with Crippen molar-refractivity contribution in [2.75, 3.05) is 0 Å². The summed E-state index contributed by atoms with van der Waals surface area (Å²) in [7, 11) is 0. The average molecular weight is 342 g/mol. The Morgan fingerprint density at radius 3 is 2.08 bits per heavy atom. The summed E-state index contributed by atoms with van der Waals surface area (Å²) in [4.78, 5) is 11.3. The molecule has 0 heterocycles. The molecule has 0 aliphatic carbocycles. The first-order valence-corrected chi connectivity index (χ1v) is 7.94. The van der Waals surface area contributed by atoms with Crippen molar-refractivity contribution in [3.8, 4) is 5.75 Å². The van der Waals surface area contributed by atoms with E-state index in [1.54, 1.807) is 12.1 Å². The fourth-order valence-electron chi connectivity index (χ4n) is 1.94. The summed E-state index contributed by atoms with van der Waals surface area (Å²) in [6.45, 7) is 5.83. The van der Waals surface area contributed by atoms with E-state index in [0.717, 1.165) is 5.56 Å². The molecule has 4 heteroatoms. The lowest BCUT2D eigenvalue weighted by Crippen LogP contribution is -2.18. The van der Waals surface area contributed by atoms with Crippen LogP contribution in [-0.4, -0.2) is 11.1 Å². The highest BCUT2D eigenvalue weighted by atomic mass is 19.1. The maximum Gasteiger partial charge on any atom is 0.349 e. The number of rotatable bonds is 5. The molecule has 132 valence electrons. The van der Waals surface area contributed by atoms with E-state index in [1.165, 1.54) is 24.3 Å². The smallest absolute Gasteiger partial charge is 0.349 e. The molecule has 1 atom stereocenters. The van der Waals surface area contributed by atoms with Gasteiger partial charge in [-0.15, -0.1) is 0 Å². The van der Waals surface area contributed by atoms with Gasteiger partial charge in [0.2, 0.25) is 6.10 Å². The summed E-state index contributed by atoms with van der Waals surface area (Å²) in [5.74, 6) is -1.03. The summed E-state index contributed by atoms with van der Waals surface area (Å²) >= 11 is 0. The number of aliphatic carboxylic acids is 1. The van der Waals surface area contributed by atoms with Crippen molar-refractivity contribution in [3.05, 3.63) is 89.8 Å². The van der Waals surface area contributed by atoms with Crippen LogP contribution in [0.2, 0.25) is 0 Å². The first kappa shape index (κ1) is 20.2. The summed E-state index contributed by atoms with van der Waals surface area (Å²) in [5, 5.41) is 9.23. The largest absolute Gasteiger partial charge is 0.478 e. The molecule has 2 rings (SSSR count). The Kier molecular flexibility index (Phi) is 8.72. The number of hydrogen-bond donors (Lipinski definition) is 1. The van der Waals surface area contributed by atoms with Crippen LogP contribution in [-0.2, 0) is 4.79 Å². The van der Waals surface area contributed by atoms with Gasteiger partial charge in [-0.05, 0) is 44.5 Å². The maximum atomic E-state index is 12.9. The second-order valence-electron chi connectivity index (χ2n) is 5.20. The number of benzene rings is 2. The molecule has 1 N–H and O–H groups in total. The van der Waals surface area contributed by atoms with Gasteiger partial charge in [0.25, 0.3) is 0 Å². The summed E-state index contributed by atoms with van der Waals surface area (Å²) in [6, 6.07) is 12.4. The Morgan fingerprint density at radius 2 is 1.60 bits per heavy atom. The van der Waals surface area contributed by atoms with E-state index in [1.807, 2.05) is 57.2 Å². The van der Waals surface area contributed by atoms with Gasteiger partial charge in [0.15, 0.2) is 0 Å². The van der Waals surface area contributed by atoms with E-state index in [-0.39, 0.29) is 0 Å². The number of carboxylic acid groups (broad SMARTS) is 1. The lowest BCUT2D eigenvalue weighted by atomic mass is 10.1. The Labute approximate surface area is 148 Å². The van der Waals surface area contributed by atoms with Crippen molar-refractivity contribution in [1.29, 1.82) is 0 Å². The molecule has 0 aromatic heterocycles. The van der Waals surface area contributed by atoms with E-state index in [2.05, 4.69) is 0 Å². The molecular formula is C21H23FO3. The van der Waals surface area contributed by atoms with Gasteiger partial charge in [-0.25, -0.2) is 9.18 Å². The summed E-state index contributed by atoms with van der Waals surface area (Å²) in [6.07, 6.45) is 6.85. The number of hydrogen-bond acceptors (Lipinski definition) is 2. The second kappa shape index (κ2) is 10.8. The van der Waals surface area contributed by atoms with Crippen molar-refractivity contribution >= 4 is 5.97 Å². The van der Waals surface area contributed by atoms with Crippen LogP contribution in [0.1, 0.15) is 31.1 Å². The van der Waals surface area contributed by atoms with Gasteiger partial charge in [-0.2, -0.15) is 0 Å². The van der Waals surface area contributed by atoms with Gasteiger partial charge in [0.1, 0.15) is 11.6 Å². The SMILES string of the molecule is C/C=C\C=C/C.Cc1ccccc1OC(C(=O)O)c1ccc(F)cc1. The molecule has 0 aliphatic rings. The first-order valence-electron chi connectivity index (χ1n) is 7.94. The highest BCUT2D eigenvalue weighted by molar-refractivity contribution is 5.74. The quantitative estimate of drug-likeness (QED) is 0.732. The van der Waals surface area contributed by atoms with Crippen molar-refractivity contribution in [2.24, 2.45) is 0 Å². The average Bonchev–Trinajstić information content (AvgIpc) is 2.60. The molecular weight excluding hydrogens is 319 g/mol. The standard InChI is InChI=1S/C15H13FO3.C6H10/c1-10-4-2-3-5-13(10)19-14(15(17)18)11-6-8-12(16)9-7-11;1-3-5-6-4-2/h2-9,14H,1H3,(H,17,18);3-6H,1-2H3/b;5-3-,6-4-. The van der Waals surface area contributed by atoms with Gasteiger partial charge >= 0.3 is 5.97 Å². The van der Waals surface area contributed by atoms with Crippen LogP contribution in [0.25, 0.3) is 0 Å². The number of para-hydroxylation sites is 1. The predicted octanol–water partition coefficient (Wildman–Crippen LogP) is 5.48. The molecule has 0 fully saturated rings. The van der Waals surface area contributed by atoms with Crippen molar-refractivity contribution in [3.63, 3.8) is 0 Å². The van der Waals surface area contributed by atoms with Crippen LogP contribution in [0.3, 0.4) is 0 Å². The summed E-state index contributed by atoms with van der Waals surface area (Å²) < 4.78 is 18.4. The third-order valence-corrected chi connectivity index (χ3v) is 3.23. The number of carboxylic acids is 1. The minimum Gasteiger partial charge on any atom is -0.478 e. The monoisotopic (exact) mass is 342 g/mol. The molecule has 2 aromatic rings. The number of allylic oxidation sites excluding steroid dienone is 4. The second-order valence-corrected chi connectivity index (χ2v) is 5.20. The molecule has 0 aliphatic heterocycles. The highest BCUT2D eigenvalue weighted by Gasteiger charge is 2.22. The highest BCUT2D eigenvalue weighted by Crippen LogP contribution is 2.25. The van der Waals surface area contributed by atoms with Gasteiger partial charge in [-0.1, -0.05) is 54.6 Å². The molecule has 0 bridgehead atoms. The molecule has 0 saturated carbocycles. The fourth-order valence-corrected chi connectivity index (χ4v) is 1.94. The number of ether oxygens (including phenoxy) is 1. The van der Waals surface area contributed by atoms with Crippen LogP contribution < -0.4 is 4.74 Å². The van der Waals surface area contributed by atoms with E-state index in [0.29, 0.717) is 11.3 Å². The lowest BCUT2D eigenvalue weighted by Gasteiger charge is -2.16. The van der Waals surface area contributed by atoms with Gasteiger partial charge in [0.05, 0.1) is 0 Å². The third kappa shape index (κ3) is 7.04. The van der Waals surface area contributed by atoms with Crippen LogP contribution in [0, 0.1) is 12.7 Å². The number of aryl methyl sites for hydroxylation is 1. The zero-order valence-electron chi connectivity index (χ0n) is 14.6. The molecule has 0 amide bonds. The van der Waals surface area contributed by atoms with Crippen LogP contribution >= 0.6 is 0 Å². The zero-order chi connectivity index (χ0) is 18.7. The molecule has 25 heavy (non-hydrogen) atoms. The maximum absolute atomic E-state index is 12.9. The van der Waals surface area contributed by atoms with Crippen LogP contribution in [0.5, 0.6) is 5.75 Å². The topological polar surface area (TPSA) is 46.5 Å². The lowest BCUT2D eigenvalue weighted by molar-refractivity contribution is -0.145. The van der Waals surface area contributed by atoms with Gasteiger partial charge < -0.3 is 9.84 Å². The van der Waals surface area contributed by atoms with Crippen LogP contribution in [0.15, 0.2) is 72.8 Å². The van der Waals surface area contributed by atoms with Crippen molar-refractivity contribution in [2.45, 2.75) is 26.9 Å². The van der Waals surface area contributed by atoms with E-state index in [4.69, 9.17) is 4.74 Å². The molecule has 3 nitrogen and oxygen atoms in total. The van der Waals surface area contributed by atoms with Gasteiger partial charge in [0, 0.05) is 5.56 Å². The van der Waals surface area contributed by atoms with Gasteiger partial charge in [-0.3, -0.25) is 0 Å². The normalized spacial score (nSPS) is 11.8. The minimum atomic E-state index is -1.15.